The number of fused-ring (bicyclic) bond motifs is 1. The number of rotatable bonds is 4. The molecule has 0 saturated carbocycles. The van der Waals surface area contributed by atoms with Crippen LogP contribution in [0.2, 0.25) is 0 Å². The molecule has 0 radical (unpaired) electrons. The average molecular weight is 322 g/mol. The molecule has 0 aromatic carbocycles. The largest absolute Gasteiger partial charge is 0.297 e. The molecule has 4 heterocycles. The van der Waals surface area contributed by atoms with Crippen molar-refractivity contribution in [2.75, 3.05) is 13.1 Å². The number of piperidine rings is 1. The second kappa shape index (κ2) is 6.65. The maximum Gasteiger partial charge on any atom is 0.160 e. The van der Waals surface area contributed by atoms with E-state index in [2.05, 4.69) is 42.6 Å². The van der Waals surface area contributed by atoms with Crippen LogP contribution in [0.4, 0.5) is 0 Å². The zero-order valence-corrected chi connectivity index (χ0v) is 14.0. The summed E-state index contributed by atoms with van der Waals surface area (Å²) in [5.74, 6) is 2.51. The highest BCUT2D eigenvalue weighted by Crippen LogP contribution is 2.27. The van der Waals surface area contributed by atoms with E-state index in [1.54, 1.807) is 0 Å². The first-order valence-electron chi connectivity index (χ1n) is 8.66. The van der Waals surface area contributed by atoms with E-state index in [0.29, 0.717) is 5.92 Å². The fourth-order valence-corrected chi connectivity index (χ4v) is 3.42. The smallest absolute Gasteiger partial charge is 0.160 e. The Kier molecular flexibility index (Phi) is 4.21. The molecule has 24 heavy (non-hydrogen) atoms. The summed E-state index contributed by atoms with van der Waals surface area (Å²) in [4.78, 5) is 11.4. The molecule has 0 unspecified atom stereocenters. The van der Waals surface area contributed by atoms with Gasteiger partial charge < -0.3 is 0 Å². The van der Waals surface area contributed by atoms with Crippen LogP contribution in [0.15, 0.2) is 36.7 Å². The van der Waals surface area contributed by atoms with Crippen LogP contribution in [0.5, 0.6) is 0 Å². The monoisotopic (exact) mass is 322 g/mol. The molecule has 6 nitrogen and oxygen atoms in total. The molecule has 4 rings (SSSR count). The highest BCUT2D eigenvalue weighted by atomic mass is 15.3. The Balaban J connectivity index is 1.41. The van der Waals surface area contributed by atoms with Gasteiger partial charge in [-0.2, -0.15) is 0 Å². The second-order valence-electron chi connectivity index (χ2n) is 6.36. The van der Waals surface area contributed by atoms with E-state index < -0.39 is 0 Å². The van der Waals surface area contributed by atoms with Crippen LogP contribution in [0.1, 0.15) is 43.0 Å². The Bertz CT molecular complexity index is 819. The van der Waals surface area contributed by atoms with E-state index in [1.165, 1.54) is 0 Å². The summed E-state index contributed by atoms with van der Waals surface area (Å²) in [6.07, 6.45) is 7.04. The molecular formula is C18H22N6. The van der Waals surface area contributed by atoms with Gasteiger partial charge in [0.1, 0.15) is 11.6 Å². The third-order valence-corrected chi connectivity index (χ3v) is 4.76. The van der Waals surface area contributed by atoms with E-state index in [4.69, 9.17) is 0 Å². The van der Waals surface area contributed by atoms with Gasteiger partial charge in [0.25, 0.3) is 0 Å². The van der Waals surface area contributed by atoms with Gasteiger partial charge in [-0.05, 0) is 44.1 Å². The summed E-state index contributed by atoms with van der Waals surface area (Å²) in [7, 11) is 0. The summed E-state index contributed by atoms with van der Waals surface area (Å²) >= 11 is 0. The van der Waals surface area contributed by atoms with Crippen LogP contribution in [-0.4, -0.2) is 42.6 Å². The molecule has 1 aliphatic heterocycles. The van der Waals surface area contributed by atoms with Crippen molar-refractivity contribution in [1.82, 2.24) is 29.5 Å². The van der Waals surface area contributed by atoms with E-state index in [9.17, 15) is 0 Å². The van der Waals surface area contributed by atoms with Crippen molar-refractivity contribution in [3.63, 3.8) is 0 Å². The number of pyridine rings is 1. The lowest BCUT2D eigenvalue weighted by Gasteiger charge is -2.30. The molecular weight excluding hydrogens is 300 g/mol. The summed E-state index contributed by atoms with van der Waals surface area (Å²) in [5.41, 5.74) is 2.05. The van der Waals surface area contributed by atoms with Crippen molar-refractivity contribution in [3.05, 3.63) is 54.0 Å². The van der Waals surface area contributed by atoms with Crippen molar-refractivity contribution in [3.8, 4) is 0 Å². The van der Waals surface area contributed by atoms with Crippen molar-refractivity contribution in [2.24, 2.45) is 0 Å². The second-order valence-corrected chi connectivity index (χ2v) is 6.36. The summed E-state index contributed by atoms with van der Waals surface area (Å²) < 4.78 is 2.12. The van der Waals surface area contributed by atoms with Crippen LogP contribution in [0.3, 0.4) is 0 Å². The Hall–Kier alpha value is -2.34. The van der Waals surface area contributed by atoms with Crippen molar-refractivity contribution >= 4 is 5.65 Å². The maximum absolute atomic E-state index is 4.62. The van der Waals surface area contributed by atoms with Gasteiger partial charge in [-0.25, -0.2) is 9.97 Å². The molecule has 1 aliphatic rings. The molecule has 0 amide bonds. The predicted molar refractivity (Wildman–Crippen MR) is 91.6 cm³/mol. The molecule has 0 spiro atoms. The zero-order chi connectivity index (χ0) is 16.4. The molecule has 3 aromatic heterocycles. The SMILES string of the molecule is CCc1nccc(CN2CCC(c3nnc4ccccn34)CC2)n1. The standard InChI is InChI=1S/C18H22N6/c1-2-16-19-9-6-15(20-16)13-23-11-7-14(8-12-23)18-22-21-17-5-3-4-10-24(17)18/h3-6,9-10,14H,2,7-8,11-13H2,1H3. The molecule has 1 saturated heterocycles. The van der Waals surface area contributed by atoms with Gasteiger partial charge in [0.05, 0.1) is 5.69 Å². The third kappa shape index (κ3) is 3.01. The van der Waals surface area contributed by atoms with Crippen LogP contribution < -0.4 is 0 Å². The number of aromatic nitrogens is 5. The molecule has 1 fully saturated rings. The van der Waals surface area contributed by atoms with Gasteiger partial charge in [0.2, 0.25) is 0 Å². The number of hydrogen-bond acceptors (Lipinski definition) is 5. The fourth-order valence-electron chi connectivity index (χ4n) is 3.42. The minimum Gasteiger partial charge on any atom is -0.297 e. The lowest BCUT2D eigenvalue weighted by atomic mass is 9.96. The highest BCUT2D eigenvalue weighted by Gasteiger charge is 2.24. The minimum absolute atomic E-state index is 0.482. The van der Waals surface area contributed by atoms with Gasteiger partial charge in [-0.1, -0.05) is 13.0 Å². The number of likely N-dealkylation sites (tertiary alicyclic amines) is 1. The Morgan fingerprint density at radius 2 is 2.00 bits per heavy atom. The van der Waals surface area contributed by atoms with Crippen molar-refractivity contribution < 1.29 is 0 Å². The Labute approximate surface area is 141 Å². The van der Waals surface area contributed by atoms with Gasteiger partial charge in [0, 0.05) is 31.3 Å². The van der Waals surface area contributed by atoms with Crippen molar-refractivity contribution in [2.45, 2.75) is 38.6 Å². The van der Waals surface area contributed by atoms with Crippen LogP contribution in [0, 0.1) is 0 Å². The van der Waals surface area contributed by atoms with Gasteiger partial charge in [-0.15, -0.1) is 10.2 Å². The first-order valence-corrected chi connectivity index (χ1v) is 8.66. The summed E-state index contributed by atoms with van der Waals surface area (Å²) in [6.45, 7) is 5.13. The van der Waals surface area contributed by atoms with Crippen LogP contribution >= 0.6 is 0 Å². The van der Waals surface area contributed by atoms with Crippen LogP contribution in [0.25, 0.3) is 5.65 Å². The molecule has 0 N–H and O–H groups in total. The van der Waals surface area contributed by atoms with E-state index in [-0.39, 0.29) is 0 Å². The minimum atomic E-state index is 0.482. The molecule has 0 bridgehead atoms. The van der Waals surface area contributed by atoms with Gasteiger partial charge >= 0.3 is 0 Å². The van der Waals surface area contributed by atoms with E-state index in [1.807, 2.05) is 30.5 Å². The number of aryl methyl sites for hydroxylation is 1. The molecule has 124 valence electrons. The topological polar surface area (TPSA) is 59.2 Å². The number of hydrogen-bond donors (Lipinski definition) is 0. The predicted octanol–water partition coefficient (Wildman–Crippen LogP) is 2.46. The van der Waals surface area contributed by atoms with E-state index in [0.717, 1.165) is 61.9 Å². The zero-order valence-electron chi connectivity index (χ0n) is 14.0. The Morgan fingerprint density at radius 1 is 1.12 bits per heavy atom. The Morgan fingerprint density at radius 3 is 2.83 bits per heavy atom. The summed E-state index contributed by atoms with van der Waals surface area (Å²) in [5, 5.41) is 8.71. The molecule has 0 aliphatic carbocycles. The van der Waals surface area contributed by atoms with Gasteiger partial charge in [-0.3, -0.25) is 9.30 Å². The fraction of sp³-hybridized carbons (Fsp3) is 0.444. The molecule has 0 atom stereocenters. The summed E-state index contributed by atoms with van der Waals surface area (Å²) in [6, 6.07) is 8.07. The lowest BCUT2D eigenvalue weighted by molar-refractivity contribution is 0.199. The third-order valence-electron chi connectivity index (χ3n) is 4.76. The first kappa shape index (κ1) is 15.2. The maximum atomic E-state index is 4.62. The van der Waals surface area contributed by atoms with E-state index >= 15 is 0 Å². The highest BCUT2D eigenvalue weighted by molar-refractivity contribution is 5.37. The quantitative estimate of drug-likeness (QED) is 0.738. The van der Waals surface area contributed by atoms with Crippen LogP contribution in [-0.2, 0) is 13.0 Å². The molecule has 6 heteroatoms. The van der Waals surface area contributed by atoms with Crippen molar-refractivity contribution in [1.29, 1.82) is 0 Å². The number of nitrogens with zero attached hydrogens (tertiary/aromatic N) is 6. The average Bonchev–Trinajstić information content (AvgIpc) is 3.07. The lowest BCUT2D eigenvalue weighted by Crippen LogP contribution is -2.33. The van der Waals surface area contributed by atoms with Gasteiger partial charge in [0.15, 0.2) is 5.65 Å². The first-order chi connectivity index (χ1) is 11.8. The molecule has 3 aromatic rings. The normalized spacial score (nSPS) is 16.7.